The van der Waals surface area contributed by atoms with Crippen molar-refractivity contribution in [2.24, 2.45) is 11.7 Å². The molecule has 8 nitrogen and oxygen atoms in total. The van der Waals surface area contributed by atoms with E-state index in [4.69, 9.17) is 10.5 Å². The highest BCUT2D eigenvalue weighted by atomic mass is 19.3. The lowest BCUT2D eigenvalue weighted by molar-refractivity contribution is -0.126. The number of nitrogens with zero attached hydrogens (tertiary/aromatic N) is 2. The number of hydrogen-bond acceptors (Lipinski definition) is 6. The van der Waals surface area contributed by atoms with Crippen LogP contribution in [0.25, 0.3) is 0 Å². The minimum atomic E-state index is -3.07. The summed E-state index contributed by atoms with van der Waals surface area (Å²) in [5.74, 6) is -0.255. The average Bonchev–Trinajstić information content (AvgIpc) is 2.70. The van der Waals surface area contributed by atoms with Gasteiger partial charge in [-0.2, -0.15) is 8.78 Å². The van der Waals surface area contributed by atoms with Crippen molar-refractivity contribution in [3.8, 4) is 5.75 Å². The summed E-state index contributed by atoms with van der Waals surface area (Å²) in [6.45, 7) is 0.947. The van der Waals surface area contributed by atoms with Crippen molar-refractivity contribution >= 4 is 23.2 Å². The van der Waals surface area contributed by atoms with E-state index < -0.39 is 12.7 Å². The third-order valence-corrected chi connectivity index (χ3v) is 5.81. The van der Waals surface area contributed by atoms with Gasteiger partial charge in [-0.1, -0.05) is 13.3 Å². The van der Waals surface area contributed by atoms with Gasteiger partial charge in [0.05, 0.1) is 12.3 Å². The van der Waals surface area contributed by atoms with Gasteiger partial charge in [0.2, 0.25) is 5.91 Å². The summed E-state index contributed by atoms with van der Waals surface area (Å²) in [6, 6.07) is 3.83. The summed E-state index contributed by atoms with van der Waals surface area (Å²) in [5, 5.41) is 2.76. The van der Waals surface area contributed by atoms with E-state index >= 15 is 0 Å². The Bertz CT molecular complexity index is 776. The van der Waals surface area contributed by atoms with Gasteiger partial charge >= 0.3 is 6.61 Å². The van der Waals surface area contributed by atoms with Crippen molar-refractivity contribution in [1.82, 2.24) is 4.90 Å². The number of morpholine rings is 1. The summed E-state index contributed by atoms with van der Waals surface area (Å²) in [6.07, 6.45) is 3.53. The molecule has 0 bridgehead atoms. The molecule has 1 aliphatic heterocycles. The molecule has 1 aromatic carbocycles. The van der Waals surface area contributed by atoms with E-state index in [-0.39, 0.29) is 42.9 Å². The lowest BCUT2D eigenvalue weighted by atomic mass is 9.85. The predicted molar refractivity (Wildman–Crippen MR) is 112 cm³/mol. The topological polar surface area (TPSA) is 97.1 Å². The Morgan fingerprint density at radius 1 is 1.42 bits per heavy atom. The van der Waals surface area contributed by atoms with Crippen LogP contribution in [0.2, 0.25) is 0 Å². The van der Waals surface area contributed by atoms with Gasteiger partial charge in [0, 0.05) is 31.4 Å². The zero-order valence-electron chi connectivity index (χ0n) is 17.7. The number of anilines is 2. The first-order valence-corrected chi connectivity index (χ1v) is 10.6. The van der Waals surface area contributed by atoms with Crippen LogP contribution in [0.1, 0.15) is 26.2 Å². The maximum atomic E-state index is 13.0. The monoisotopic (exact) mass is 440 g/mol. The molecular weight excluding hydrogens is 410 g/mol. The molecule has 0 spiro atoms. The van der Waals surface area contributed by atoms with Crippen LogP contribution in [0.4, 0.5) is 20.2 Å². The fraction of sp³-hybridized carbons (Fsp3) is 0.619. The number of carbonyl (C=O) groups excluding carboxylic acids is 2. The Hall–Kier alpha value is -2.30. The molecule has 172 valence electrons. The van der Waals surface area contributed by atoms with Gasteiger partial charge < -0.3 is 25.4 Å². The van der Waals surface area contributed by atoms with Crippen LogP contribution in [-0.2, 0) is 14.3 Å². The van der Waals surface area contributed by atoms with Gasteiger partial charge in [0.25, 0.3) is 5.91 Å². The molecule has 3 N–H and O–H groups in total. The van der Waals surface area contributed by atoms with Crippen molar-refractivity contribution in [3.63, 3.8) is 0 Å². The number of alkyl halides is 2. The molecule has 1 saturated heterocycles. The molecule has 2 aliphatic rings. The number of benzene rings is 1. The molecule has 3 rings (SSSR count). The zero-order valence-corrected chi connectivity index (χ0v) is 17.7. The van der Waals surface area contributed by atoms with E-state index in [0.29, 0.717) is 24.8 Å². The van der Waals surface area contributed by atoms with E-state index in [2.05, 4.69) is 15.0 Å². The Labute approximate surface area is 180 Å². The molecule has 1 aromatic rings. The fourth-order valence-electron chi connectivity index (χ4n) is 3.91. The number of halogens is 2. The van der Waals surface area contributed by atoms with E-state index in [1.165, 1.54) is 23.5 Å². The van der Waals surface area contributed by atoms with Gasteiger partial charge in [0.15, 0.2) is 5.75 Å². The third-order valence-electron chi connectivity index (χ3n) is 5.81. The lowest BCUT2D eigenvalue weighted by Gasteiger charge is -2.35. The fourth-order valence-corrected chi connectivity index (χ4v) is 3.91. The van der Waals surface area contributed by atoms with Gasteiger partial charge in [-0.05, 0) is 37.4 Å². The van der Waals surface area contributed by atoms with E-state index in [1.807, 2.05) is 6.92 Å². The molecule has 1 saturated carbocycles. The number of likely N-dealkylation sites (N-methyl/N-ethyl adjacent to an activating group) is 1. The highest BCUT2D eigenvalue weighted by molar-refractivity contribution is 5.98. The molecule has 1 aliphatic carbocycles. The molecule has 1 heterocycles. The average molecular weight is 440 g/mol. The number of nitrogens with one attached hydrogen (secondary N) is 1. The van der Waals surface area contributed by atoms with Crippen LogP contribution in [0.5, 0.6) is 5.75 Å². The first-order valence-electron chi connectivity index (χ1n) is 10.6. The van der Waals surface area contributed by atoms with Crippen molar-refractivity contribution in [3.05, 3.63) is 18.2 Å². The summed E-state index contributed by atoms with van der Waals surface area (Å²) >= 11 is 0. The summed E-state index contributed by atoms with van der Waals surface area (Å²) in [7, 11) is 0. The van der Waals surface area contributed by atoms with Crippen LogP contribution < -0.4 is 20.7 Å². The highest BCUT2D eigenvalue weighted by Gasteiger charge is 2.29. The van der Waals surface area contributed by atoms with Crippen molar-refractivity contribution in [1.29, 1.82) is 0 Å². The van der Waals surface area contributed by atoms with Gasteiger partial charge in [-0.3, -0.25) is 14.5 Å². The molecule has 10 heteroatoms. The predicted octanol–water partition coefficient (Wildman–Crippen LogP) is 2.04. The number of ether oxygens (including phenoxy) is 2. The number of carbonyl (C=O) groups is 2. The number of amides is 2. The molecule has 0 radical (unpaired) electrons. The number of hydrogen-bond donors (Lipinski definition) is 2. The molecule has 0 unspecified atom stereocenters. The summed E-state index contributed by atoms with van der Waals surface area (Å²) in [5.41, 5.74) is 6.39. The second-order valence-electron chi connectivity index (χ2n) is 7.78. The van der Waals surface area contributed by atoms with Gasteiger partial charge in [-0.25, -0.2) is 0 Å². The van der Waals surface area contributed by atoms with Crippen LogP contribution in [0.15, 0.2) is 18.2 Å². The quantitative estimate of drug-likeness (QED) is 0.578. The second-order valence-corrected chi connectivity index (χ2v) is 7.78. The molecule has 0 aromatic heterocycles. The molecule has 2 fully saturated rings. The van der Waals surface area contributed by atoms with Crippen molar-refractivity contribution in [2.45, 2.75) is 38.8 Å². The van der Waals surface area contributed by atoms with Crippen LogP contribution >= 0.6 is 0 Å². The maximum absolute atomic E-state index is 13.0. The normalized spacial score (nSPS) is 18.3. The highest BCUT2D eigenvalue weighted by Crippen LogP contribution is 2.34. The van der Waals surface area contributed by atoms with Crippen molar-refractivity contribution in [2.75, 3.05) is 49.6 Å². The number of rotatable bonds is 10. The first kappa shape index (κ1) is 23.4. The summed E-state index contributed by atoms with van der Waals surface area (Å²) in [4.78, 5) is 28.4. The second kappa shape index (κ2) is 10.8. The summed E-state index contributed by atoms with van der Waals surface area (Å²) < 4.78 is 35.7. The zero-order chi connectivity index (χ0) is 22.4. The molecule has 1 atom stereocenters. The van der Waals surface area contributed by atoms with Gasteiger partial charge in [0.1, 0.15) is 12.6 Å². The standard InChI is InChI=1S/C21H30F2N4O4/c1-2-26(12-14-4-3-5-14)17(11-24)20(29)25-15-6-7-16(18(10-15)31-21(22)23)27-8-9-30-13-19(27)28/h6-7,10,14,17,21H,2-5,8-9,11-13,24H2,1H3,(H,25,29)/t17-/m1/s1. The third kappa shape index (κ3) is 5.90. The smallest absolute Gasteiger partial charge is 0.387 e. The Morgan fingerprint density at radius 3 is 2.77 bits per heavy atom. The van der Waals surface area contributed by atoms with Crippen molar-refractivity contribution < 1.29 is 27.8 Å². The van der Waals surface area contributed by atoms with Crippen LogP contribution in [0.3, 0.4) is 0 Å². The van der Waals surface area contributed by atoms with E-state index in [1.54, 1.807) is 6.07 Å². The maximum Gasteiger partial charge on any atom is 0.387 e. The van der Waals surface area contributed by atoms with Crippen LogP contribution in [-0.4, -0.2) is 68.8 Å². The SMILES string of the molecule is CCN(CC1CCC1)[C@H](CN)C(=O)Nc1ccc(N2CCOCC2=O)c(OC(F)F)c1. The van der Waals surface area contributed by atoms with E-state index in [0.717, 1.165) is 19.4 Å². The minimum absolute atomic E-state index is 0.126. The Balaban J connectivity index is 1.76. The Kier molecular flexibility index (Phi) is 8.16. The minimum Gasteiger partial charge on any atom is -0.433 e. The largest absolute Gasteiger partial charge is 0.433 e. The Morgan fingerprint density at radius 2 is 2.19 bits per heavy atom. The number of nitrogens with two attached hydrogens (primary N) is 1. The first-order chi connectivity index (χ1) is 14.9. The molecule has 2 amide bonds. The molecule has 31 heavy (non-hydrogen) atoms. The molecular formula is C21H30F2N4O4. The van der Waals surface area contributed by atoms with Crippen LogP contribution in [0, 0.1) is 5.92 Å². The van der Waals surface area contributed by atoms with Gasteiger partial charge in [-0.15, -0.1) is 0 Å². The lowest BCUT2D eigenvalue weighted by Crippen LogP contribution is -2.50. The van der Waals surface area contributed by atoms with E-state index in [9.17, 15) is 18.4 Å².